The Balaban J connectivity index is 2.03. The largest absolute Gasteiger partial charge is 0.494 e. The average Bonchev–Trinajstić information content (AvgIpc) is 2.57. The number of aryl methyl sites for hydroxylation is 3. The molecule has 1 unspecified atom stereocenters. The van der Waals surface area contributed by atoms with Gasteiger partial charge >= 0.3 is 0 Å². The van der Waals surface area contributed by atoms with Crippen LogP contribution in [0, 0.1) is 26.6 Å². The number of carbonyl (C=O) groups excluding carboxylic acids is 1. The Bertz CT molecular complexity index is 767. The van der Waals surface area contributed by atoms with E-state index in [9.17, 15) is 9.18 Å². The number of anilines is 1. The van der Waals surface area contributed by atoms with Crippen molar-refractivity contribution >= 4 is 11.6 Å². The van der Waals surface area contributed by atoms with Gasteiger partial charge in [0.25, 0.3) is 5.91 Å². The number of likely N-dealkylation sites (N-methyl/N-ethyl adjacent to an activating group) is 1. The summed E-state index contributed by atoms with van der Waals surface area (Å²) in [6.45, 7) is 9.74. The maximum Gasteiger partial charge on any atom is 0.279 e. The first-order chi connectivity index (χ1) is 12.3. The second-order valence-corrected chi connectivity index (χ2v) is 6.75. The van der Waals surface area contributed by atoms with Crippen molar-refractivity contribution in [1.29, 1.82) is 0 Å². The first kappa shape index (κ1) is 19.9. The minimum atomic E-state index is -0.379. The number of rotatable bonds is 7. The van der Waals surface area contributed by atoms with E-state index < -0.39 is 0 Å². The second kappa shape index (κ2) is 8.81. The van der Waals surface area contributed by atoms with Crippen LogP contribution in [-0.4, -0.2) is 26.1 Å². The molecule has 4 nitrogen and oxygen atoms in total. The van der Waals surface area contributed by atoms with Crippen molar-refractivity contribution in [2.75, 3.05) is 25.5 Å². The molecule has 2 N–H and O–H groups in total. The fourth-order valence-electron chi connectivity index (χ4n) is 3.21. The summed E-state index contributed by atoms with van der Waals surface area (Å²) in [6, 6.07) is 9.06. The highest BCUT2D eigenvalue weighted by molar-refractivity contribution is 5.93. The molecule has 0 aromatic heterocycles. The highest BCUT2D eigenvalue weighted by Gasteiger charge is 2.16. The van der Waals surface area contributed by atoms with Gasteiger partial charge in [-0.05, 0) is 57.0 Å². The van der Waals surface area contributed by atoms with Crippen LogP contribution in [-0.2, 0) is 11.3 Å². The van der Waals surface area contributed by atoms with Gasteiger partial charge in [-0.1, -0.05) is 17.7 Å². The molecular weight excluding hydrogens is 331 g/mol. The molecule has 26 heavy (non-hydrogen) atoms. The lowest BCUT2D eigenvalue weighted by molar-refractivity contribution is -0.903. The molecule has 0 bridgehead atoms. The van der Waals surface area contributed by atoms with Crippen LogP contribution in [0.25, 0.3) is 0 Å². The van der Waals surface area contributed by atoms with Crippen LogP contribution in [0.1, 0.15) is 29.2 Å². The molecule has 0 radical (unpaired) electrons. The van der Waals surface area contributed by atoms with Crippen molar-refractivity contribution in [3.63, 3.8) is 0 Å². The fourth-order valence-corrected chi connectivity index (χ4v) is 3.21. The van der Waals surface area contributed by atoms with Crippen LogP contribution >= 0.6 is 0 Å². The van der Waals surface area contributed by atoms with Gasteiger partial charge in [-0.15, -0.1) is 0 Å². The third kappa shape index (κ3) is 5.05. The molecule has 1 atom stereocenters. The lowest BCUT2D eigenvalue weighted by Crippen LogP contribution is -3.11. The van der Waals surface area contributed by atoms with Gasteiger partial charge in [0.05, 0.1) is 13.7 Å². The minimum Gasteiger partial charge on any atom is -0.494 e. The molecule has 0 fully saturated rings. The zero-order chi connectivity index (χ0) is 19.3. The number of methoxy groups -OCH3 is 1. The Labute approximate surface area is 155 Å². The normalized spacial score (nSPS) is 11.9. The number of hydrogen-bond donors (Lipinski definition) is 2. The Kier molecular flexibility index (Phi) is 6.75. The number of amides is 1. The Morgan fingerprint density at radius 3 is 2.35 bits per heavy atom. The van der Waals surface area contributed by atoms with Gasteiger partial charge < -0.3 is 15.0 Å². The molecule has 2 aromatic carbocycles. The summed E-state index contributed by atoms with van der Waals surface area (Å²) in [5.74, 6) is -0.184. The molecule has 1 amide bonds. The van der Waals surface area contributed by atoms with Gasteiger partial charge in [-0.3, -0.25) is 4.79 Å². The molecule has 0 saturated carbocycles. The van der Waals surface area contributed by atoms with Crippen LogP contribution < -0.4 is 15.0 Å². The number of benzene rings is 2. The summed E-state index contributed by atoms with van der Waals surface area (Å²) in [4.78, 5) is 13.6. The molecule has 5 heteroatoms. The fraction of sp³-hybridized carbons (Fsp3) is 0.381. The number of carbonyl (C=O) groups is 1. The highest BCUT2D eigenvalue weighted by Crippen LogP contribution is 2.21. The maximum absolute atomic E-state index is 13.9. The molecule has 0 heterocycles. The van der Waals surface area contributed by atoms with Gasteiger partial charge in [-0.2, -0.15) is 0 Å². The Hall–Kier alpha value is -2.40. The molecule has 0 saturated heterocycles. The predicted molar refractivity (Wildman–Crippen MR) is 102 cm³/mol. The minimum absolute atomic E-state index is 0.0362. The molecule has 0 spiro atoms. The molecule has 0 aliphatic carbocycles. The van der Waals surface area contributed by atoms with E-state index in [2.05, 4.69) is 17.4 Å². The smallest absolute Gasteiger partial charge is 0.279 e. The number of quaternary nitrogens is 1. The van der Waals surface area contributed by atoms with Crippen LogP contribution in [0.5, 0.6) is 5.75 Å². The van der Waals surface area contributed by atoms with E-state index in [-0.39, 0.29) is 17.5 Å². The molecule has 0 aliphatic rings. The van der Waals surface area contributed by atoms with Crippen LogP contribution in [0.3, 0.4) is 0 Å². The van der Waals surface area contributed by atoms with E-state index >= 15 is 0 Å². The number of halogens is 1. The summed E-state index contributed by atoms with van der Waals surface area (Å²) in [5, 5.41) is 3.03. The van der Waals surface area contributed by atoms with Gasteiger partial charge in [0.15, 0.2) is 18.1 Å². The van der Waals surface area contributed by atoms with Crippen LogP contribution in [0.2, 0.25) is 0 Å². The van der Waals surface area contributed by atoms with Gasteiger partial charge in [-0.25, -0.2) is 4.39 Å². The summed E-state index contributed by atoms with van der Waals surface area (Å²) >= 11 is 0. The van der Waals surface area contributed by atoms with E-state index in [1.807, 2.05) is 33.8 Å². The van der Waals surface area contributed by atoms with Gasteiger partial charge in [0, 0.05) is 11.3 Å². The molecule has 140 valence electrons. The van der Waals surface area contributed by atoms with Gasteiger partial charge in [0.2, 0.25) is 0 Å². The Morgan fingerprint density at radius 1 is 1.15 bits per heavy atom. The quantitative estimate of drug-likeness (QED) is 0.798. The summed E-state index contributed by atoms with van der Waals surface area (Å²) < 4.78 is 18.8. The van der Waals surface area contributed by atoms with E-state index in [0.29, 0.717) is 13.1 Å². The average molecular weight is 359 g/mol. The third-order valence-corrected chi connectivity index (χ3v) is 4.52. The first-order valence-electron chi connectivity index (χ1n) is 8.87. The summed E-state index contributed by atoms with van der Waals surface area (Å²) in [6.07, 6.45) is 0. The van der Waals surface area contributed by atoms with E-state index in [1.54, 1.807) is 6.07 Å². The van der Waals surface area contributed by atoms with Crippen molar-refractivity contribution in [3.05, 3.63) is 58.4 Å². The molecule has 2 aromatic rings. The lowest BCUT2D eigenvalue weighted by atomic mass is 10.1. The zero-order valence-electron chi connectivity index (χ0n) is 16.2. The second-order valence-electron chi connectivity index (χ2n) is 6.75. The van der Waals surface area contributed by atoms with Crippen molar-refractivity contribution in [2.45, 2.75) is 34.2 Å². The topological polar surface area (TPSA) is 42.8 Å². The molecule has 0 aliphatic heterocycles. The number of nitrogens with one attached hydrogen (secondary N) is 2. The molecule has 2 rings (SSSR count). The van der Waals surface area contributed by atoms with Crippen molar-refractivity contribution in [1.82, 2.24) is 0 Å². The van der Waals surface area contributed by atoms with Crippen molar-refractivity contribution in [3.8, 4) is 5.75 Å². The van der Waals surface area contributed by atoms with Crippen LogP contribution in [0.15, 0.2) is 30.3 Å². The Morgan fingerprint density at radius 2 is 1.81 bits per heavy atom. The van der Waals surface area contributed by atoms with E-state index in [1.165, 1.54) is 18.7 Å². The van der Waals surface area contributed by atoms with E-state index in [4.69, 9.17) is 4.74 Å². The SMILES string of the molecule is CC[NH+](CC(=O)Nc1c(C)cc(C)cc1C)Cc1ccc(OC)c(F)c1. The molecular formula is C21H28FN2O2+. The summed E-state index contributed by atoms with van der Waals surface area (Å²) in [5.41, 5.74) is 5.03. The van der Waals surface area contributed by atoms with Gasteiger partial charge in [0.1, 0.15) is 6.54 Å². The van der Waals surface area contributed by atoms with Crippen molar-refractivity contribution < 1.29 is 18.8 Å². The highest BCUT2D eigenvalue weighted by atomic mass is 19.1. The number of hydrogen-bond acceptors (Lipinski definition) is 2. The summed E-state index contributed by atoms with van der Waals surface area (Å²) in [7, 11) is 1.45. The number of ether oxygens (including phenoxy) is 1. The van der Waals surface area contributed by atoms with Crippen molar-refractivity contribution in [2.24, 2.45) is 0 Å². The standard InChI is InChI=1S/C21H27FN2O2/c1-6-24(12-17-7-8-19(26-5)18(22)11-17)13-20(25)23-21-15(3)9-14(2)10-16(21)4/h7-11H,6,12-13H2,1-5H3,(H,23,25)/p+1. The zero-order valence-corrected chi connectivity index (χ0v) is 16.2. The van der Waals surface area contributed by atoms with Crippen LogP contribution in [0.4, 0.5) is 10.1 Å². The lowest BCUT2D eigenvalue weighted by Gasteiger charge is -2.19. The first-order valence-corrected chi connectivity index (χ1v) is 8.87. The monoisotopic (exact) mass is 359 g/mol. The van der Waals surface area contributed by atoms with E-state index in [0.717, 1.165) is 33.8 Å². The maximum atomic E-state index is 13.9. The third-order valence-electron chi connectivity index (χ3n) is 4.52. The predicted octanol–water partition coefficient (Wildman–Crippen LogP) is 2.80.